The Morgan fingerprint density at radius 1 is 1.31 bits per heavy atom. The van der Waals surface area contributed by atoms with E-state index in [1.807, 2.05) is 0 Å². The van der Waals surface area contributed by atoms with E-state index in [1.54, 1.807) is 0 Å². The molecule has 2 aliphatic rings. The number of ether oxygens (including phenoxy) is 1. The van der Waals surface area contributed by atoms with Crippen LogP contribution in [-0.4, -0.2) is 31.8 Å². The SMILES string of the molecule is CC(C)C1(CNCC2CCC(CN)O2)CC1. The average Bonchev–Trinajstić information content (AvgIpc) is 2.91. The quantitative estimate of drug-likeness (QED) is 0.722. The normalized spacial score (nSPS) is 32.2. The molecule has 1 saturated heterocycles. The molecule has 1 aliphatic carbocycles. The van der Waals surface area contributed by atoms with Gasteiger partial charge in [0.05, 0.1) is 12.2 Å². The van der Waals surface area contributed by atoms with Gasteiger partial charge < -0.3 is 15.8 Å². The summed E-state index contributed by atoms with van der Waals surface area (Å²) < 4.78 is 5.82. The van der Waals surface area contributed by atoms with Gasteiger partial charge in [-0.05, 0) is 37.0 Å². The molecule has 0 aromatic carbocycles. The van der Waals surface area contributed by atoms with Crippen LogP contribution in [0.5, 0.6) is 0 Å². The van der Waals surface area contributed by atoms with Gasteiger partial charge in [0.25, 0.3) is 0 Å². The van der Waals surface area contributed by atoms with Crippen molar-refractivity contribution in [3.8, 4) is 0 Å². The van der Waals surface area contributed by atoms with Crippen LogP contribution in [0.25, 0.3) is 0 Å². The van der Waals surface area contributed by atoms with Crippen molar-refractivity contribution in [2.75, 3.05) is 19.6 Å². The number of nitrogens with two attached hydrogens (primary N) is 1. The Kier molecular flexibility index (Phi) is 3.88. The maximum atomic E-state index is 5.82. The van der Waals surface area contributed by atoms with Crippen LogP contribution >= 0.6 is 0 Å². The lowest BCUT2D eigenvalue weighted by Crippen LogP contribution is -2.34. The Hall–Kier alpha value is -0.120. The van der Waals surface area contributed by atoms with Gasteiger partial charge in [-0.25, -0.2) is 0 Å². The van der Waals surface area contributed by atoms with Gasteiger partial charge in [0.15, 0.2) is 0 Å². The molecule has 94 valence electrons. The van der Waals surface area contributed by atoms with Gasteiger partial charge in [-0.2, -0.15) is 0 Å². The van der Waals surface area contributed by atoms with Gasteiger partial charge in [-0.1, -0.05) is 13.8 Å². The lowest BCUT2D eigenvalue weighted by molar-refractivity contribution is 0.0494. The Balaban J connectivity index is 1.62. The Labute approximate surface area is 99.1 Å². The molecule has 3 N–H and O–H groups in total. The van der Waals surface area contributed by atoms with E-state index < -0.39 is 0 Å². The third-order valence-corrected chi connectivity index (χ3v) is 4.42. The first-order valence-corrected chi connectivity index (χ1v) is 6.72. The molecule has 2 fully saturated rings. The van der Waals surface area contributed by atoms with E-state index in [4.69, 9.17) is 10.5 Å². The third-order valence-electron chi connectivity index (χ3n) is 4.42. The van der Waals surface area contributed by atoms with Crippen LogP contribution in [0.1, 0.15) is 39.5 Å². The molecule has 0 radical (unpaired) electrons. The second kappa shape index (κ2) is 5.03. The number of hydrogen-bond acceptors (Lipinski definition) is 3. The molecule has 2 rings (SSSR count). The molecule has 2 unspecified atom stereocenters. The van der Waals surface area contributed by atoms with E-state index in [0.29, 0.717) is 24.2 Å². The standard InChI is InChI=1S/C13H26N2O/c1-10(2)13(5-6-13)9-15-8-12-4-3-11(7-14)16-12/h10-12,15H,3-9,14H2,1-2H3. The van der Waals surface area contributed by atoms with Crippen LogP contribution in [0.3, 0.4) is 0 Å². The fourth-order valence-corrected chi connectivity index (χ4v) is 2.70. The van der Waals surface area contributed by atoms with Gasteiger partial charge in [0, 0.05) is 19.6 Å². The predicted octanol–water partition coefficient (Wildman–Crippen LogP) is 1.52. The van der Waals surface area contributed by atoms with Gasteiger partial charge in [-0.3, -0.25) is 0 Å². The van der Waals surface area contributed by atoms with Crippen molar-refractivity contribution in [1.82, 2.24) is 5.32 Å². The second-order valence-electron chi connectivity index (χ2n) is 5.84. The lowest BCUT2D eigenvalue weighted by Gasteiger charge is -2.21. The van der Waals surface area contributed by atoms with Crippen LogP contribution in [0.4, 0.5) is 0 Å². The summed E-state index contributed by atoms with van der Waals surface area (Å²) in [7, 11) is 0. The minimum Gasteiger partial charge on any atom is -0.372 e. The first-order chi connectivity index (χ1) is 7.66. The Morgan fingerprint density at radius 3 is 2.50 bits per heavy atom. The lowest BCUT2D eigenvalue weighted by atomic mass is 9.92. The summed E-state index contributed by atoms with van der Waals surface area (Å²) in [5.41, 5.74) is 6.20. The highest BCUT2D eigenvalue weighted by Gasteiger charge is 2.44. The summed E-state index contributed by atoms with van der Waals surface area (Å²) in [5.74, 6) is 0.807. The molecule has 2 atom stereocenters. The number of rotatable bonds is 6. The highest BCUT2D eigenvalue weighted by molar-refractivity contribution is 4.97. The van der Waals surface area contributed by atoms with E-state index in [0.717, 1.165) is 25.4 Å². The Morgan fingerprint density at radius 2 is 2.00 bits per heavy atom. The molecule has 0 aromatic heterocycles. The maximum Gasteiger partial charge on any atom is 0.0704 e. The van der Waals surface area contributed by atoms with E-state index in [1.165, 1.54) is 19.3 Å². The smallest absolute Gasteiger partial charge is 0.0704 e. The zero-order valence-electron chi connectivity index (χ0n) is 10.7. The molecular formula is C13H26N2O. The van der Waals surface area contributed by atoms with Crippen molar-refractivity contribution in [2.24, 2.45) is 17.1 Å². The van der Waals surface area contributed by atoms with Crippen LogP contribution in [0, 0.1) is 11.3 Å². The molecule has 0 spiro atoms. The fraction of sp³-hybridized carbons (Fsp3) is 1.00. The summed E-state index contributed by atoms with van der Waals surface area (Å²) >= 11 is 0. The molecule has 1 heterocycles. The molecule has 0 amide bonds. The van der Waals surface area contributed by atoms with Gasteiger partial charge in [0.1, 0.15) is 0 Å². The van der Waals surface area contributed by atoms with Gasteiger partial charge >= 0.3 is 0 Å². The predicted molar refractivity (Wildman–Crippen MR) is 66.3 cm³/mol. The zero-order chi connectivity index (χ0) is 11.6. The summed E-state index contributed by atoms with van der Waals surface area (Å²) in [6.45, 7) is 7.52. The van der Waals surface area contributed by atoms with Crippen LogP contribution < -0.4 is 11.1 Å². The molecule has 1 saturated carbocycles. The molecular weight excluding hydrogens is 200 g/mol. The van der Waals surface area contributed by atoms with Crippen molar-refractivity contribution in [2.45, 2.75) is 51.7 Å². The van der Waals surface area contributed by atoms with Crippen LogP contribution in [0.15, 0.2) is 0 Å². The number of hydrogen-bond donors (Lipinski definition) is 2. The number of nitrogens with one attached hydrogen (secondary N) is 1. The minimum atomic E-state index is 0.312. The molecule has 3 nitrogen and oxygen atoms in total. The maximum absolute atomic E-state index is 5.82. The highest BCUT2D eigenvalue weighted by Crippen LogP contribution is 2.51. The molecule has 16 heavy (non-hydrogen) atoms. The van der Waals surface area contributed by atoms with Crippen molar-refractivity contribution in [3.63, 3.8) is 0 Å². The minimum absolute atomic E-state index is 0.312. The fourth-order valence-electron chi connectivity index (χ4n) is 2.70. The monoisotopic (exact) mass is 226 g/mol. The molecule has 0 aromatic rings. The summed E-state index contributed by atoms with van der Waals surface area (Å²) in [5, 5.41) is 3.59. The first-order valence-electron chi connectivity index (χ1n) is 6.72. The zero-order valence-corrected chi connectivity index (χ0v) is 10.7. The third kappa shape index (κ3) is 2.76. The van der Waals surface area contributed by atoms with Gasteiger partial charge in [-0.15, -0.1) is 0 Å². The van der Waals surface area contributed by atoms with Crippen LogP contribution in [-0.2, 0) is 4.74 Å². The second-order valence-corrected chi connectivity index (χ2v) is 5.84. The first kappa shape index (κ1) is 12.3. The van der Waals surface area contributed by atoms with Crippen LogP contribution in [0.2, 0.25) is 0 Å². The highest BCUT2D eigenvalue weighted by atomic mass is 16.5. The topological polar surface area (TPSA) is 47.3 Å². The summed E-state index contributed by atoms with van der Waals surface area (Å²) in [4.78, 5) is 0. The van der Waals surface area contributed by atoms with E-state index in [-0.39, 0.29) is 0 Å². The largest absolute Gasteiger partial charge is 0.372 e. The van der Waals surface area contributed by atoms with E-state index >= 15 is 0 Å². The average molecular weight is 226 g/mol. The molecule has 0 bridgehead atoms. The van der Waals surface area contributed by atoms with E-state index in [2.05, 4.69) is 19.2 Å². The van der Waals surface area contributed by atoms with Crippen molar-refractivity contribution >= 4 is 0 Å². The van der Waals surface area contributed by atoms with Crippen molar-refractivity contribution in [1.29, 1.82) is 0 Å². The Bertz CT molecular complexity index is 226. The van der Waals surface area contributed by atoms with Crippen molar-refractivity contribution < 1.29 is 4.74 Å². The van der Waals surface area contributed by atoms with Gasteiger partial charge in [0.2, 0.25) is 0 Å². The summed E-state index contributed by atoms with van der Waals surface area (Å²) in [6, 6.07) is 0. The van der Waals surface area contributed by atoms with Crippen molar-refractivity contribution in [3.05, 3.63) is 0 Å². The summed E-state index contributed by atoms with van der Waals surface area (Å²) in [6.07, 6.45) is 5.81. The van der Waals surface area contributed by atoms with E-state index in [9.17, 15) is 0 Å². The molecule has 1 aliphatic heterocycles. The molecule has 3 heteroatoms.